The molecular formula is C5H9N3OS. The summed E-state index contributed by atoms with van der Waals surface area (Å²) in [5.74, 6) is 0.898. The van der Waals surface area contributed by atoms with E-state index < -0.39 is 6.03 Å². The second-order valence-electron chi connectivity index (χ2n) is 1.84. The first-order valence-electron chi connectivity index (χ1n) is 2.92. The molecule has 0 atom stereocenters. The van der Waals surface area contributed by atoms with Gasteiger partial charge in [-0.2, -0.15) is 0 Å². The Hall–Kier alpha value is -0.710. The van der Waals surface area contributed by atoms with E-state index in [9.17, 15) is 4.79 Å². The molecule has 0 bridgehead atoms. The standard InChI is InChI=1S/C5H9N3OS/c1-7-5-8(4(6)9)2-3-10-5/h2-3H2,1H3,(H2,6,9). The van der Waals surface area contributed by atoms with E-state index in [0.717, 1.165) is 10.9 Å². The van der Waals surface area contributed by atoms with Crippen LogP contribution in [0.3, 0.4) is 0 Å². The average Bonchev–Trinajstić information content (AvgIpc) is 2.33. The van der Waals surface area contributed by atoms with Crippen molar-refractivity contribution in [1.29, 1.82) is 0 Å². The molecule has 1 fully saturated rings. The highest BCUT2D eigenvalue weighted by atomic mass is 32.2. The molecule has 0 aromatic carbocycles. The molecule has 0 aliphatic carbocycles. The summed E-state index contributed by atoms with van der Waals surface area (Å²) in [7, 11) is 1.66. The monoisotopic (exact) mass is 159 g/mol. The lowest BCUT2D eigenvalue weighted by Crippen LogP contribution is -2.36. The summed E-state index contributed by atoms with van der Waals surface area (Å²) >= 11 is 1.55. The molecule has 0 aromatic rings. The fourth-order valence-electron chi connectivity index (χ4n) is 0.791. The Morgan fingerprint density at radius 2 is 2.60 bits per heavy atom. The highest BCUT2D eigenvalue weighted by molar-refractivity contribution is 8.14. The lowest BCUT2D eigenvalue weighted by molar-refractivity contribution is 0.233. The lowest BCUT2D eigenvalue weighted by Gasteiger charge is -2.10. The Labute approximate surface area is 63.5 Å². The predicted octanol–water partition coefficient (Wildman–Crippen LogP) is 0.0997. The molecule has 10 heavy (non-hydrogen) atoms. The number of nitrogens with zero attached hydrogens (tertiary/aromatic N) is 2. The van der Waals surface area contributed by atoms with Crippen molar-refractivity contribution in [3.63, 3.8) is 0 Å². The summed E-state index contributed by atoms with van der Waals surface area (Å²) in [6.07, 6.45) is 0. The van der Waals surface area contributed by atoms with Crippen molar-refractivity contribution < 1.29 is 4.79 Å². The number of hydrogen-bond acceptors (Lipinski definition) is 3. The highest BCUT2D eigenvalue weighted by Crippen LogP contribution is 2.16. The van der Waals surface area contributed by atoms with Crippen LogP contribution >= 0.6 is 11.8 Å². The Balaban J connectivity index is 2.68. The number of thioether (sulfide) groups is 1. The molecule has 1 saturated heterocycles. The summed E-state index contributed by atoms with van der Waals surface area (Å²) in [5, 5.41) is 0.729. The van der Waals surface area contributed by atoms with Gasteiger partial charge in [0.05, 0.1) is 0 Å². The molecule has 56 valence electrons. The van der Waals surface area contributed by atoms with Crippen molar-refractivity contribution in [3.05, 3.63) is 0 Å². The van der Waals surface area contributed by atoms with Gasteiger partial charge in [-0.05, 0) is 0 Å². The van der Waals surface area contributed by atoms with Gasteiger partial charge in [0.25, 0.3) is 0 Å². The zero-order chi connectivity index (χ0) is 7.56. The third kappa shape index (κ3) is 1.23. The first-order chi connectivity index (χ1) is 4.75. The number of aliphatic imine (C=N–C) groups is 1. The molecule has 5 heteroatoms. The molecule has 1 aliphatic heterocycles. The number of rotatable bonds is 0. The molecular weight excluding hydrogens is 150 g/mol. The Morgan fingerprint density at radius 1 is 1.90 bits per heavy atom. The number of hydrogen-bond donors (Lipinski definition) is 1. The maximum absolute atomic E-state index is 10.6. The third-order valence-electron chi connectivity index (χ3n) is 1.23. The van der Waals surface area contributed by atoms with Crippen LogP contribution in [0.2, 0.25) is 0 Å². The number of urea groups is 1. The van der Waals surface area contributed by atoms with E-state index in [1.807, 2.05) is 0 Å². The number of carbonyl (C=O) groups is 1. The van der Waals surface area contributed by atoms with Crippen molar-refractivity contribution in [2.45, 2.75) is 0 Å². The van der Waals surface area contributed by atoms with Crippen LogP contribution in [0.1, 0.15) is 0 Å². The maximum Gasteiger partial charge on any atom is 0.320 e. The molecule has 0 spiro atoms. The van der Waals surface area contributed by atoms with Crippen molar-refractivity contribution in [2.75, 3.05) is 19.3 Å². The Kier molecular flexibility index (Phi) is 2.16. The van der Waals surface area contributed by atoms with Gasteiger partial charge in [0.1, 0.15) is 0 Å². The van der Waals surface area contributed by atoms with Crippen LogP contribution in [0.5, 0.6) is 0 Å². The number of nitrogens with two attached hydrogens (primary N) is 1. The summed E-state index contributed by atoms with van der Waals surface area (Å²) in [6.45, 7) is 0.687. The zero-order valence-electron chi connectivity index (χ0n) is 5.70. The van der Waals surface area contributed by atoms with Gasteiger partial charge in [-0.3, -0.25) is 9.89 Å². The first kappa shape index (κ1) is 7.40. The second-order valence-corrected chi connectivity index (χ2v) is 2.91. The Morgan fingerprint density at radius 3 is 3.00 bits per heavy atom. The molecule has 0 unspecified atom stereocenters. The van der Waals surface area contributed by atoms with E-state index in [0.29, 0.717) is 6.54 Å². The summed E-state index contributed by atoms with van der Waals surface area (Å²) in [4.78, 5) is 16.0. The highest BCUT2D eigenvalue weighted by Gasteiger charge is 2.22. The quantitative estimate of drug-likeness (QED) is 0.545. The van der Waals surface area contributed by atoms with Crippen LogP contribution in [0.15, 0.2) is 4.99 Å². The van der Waals surface area contributed by atoms with Crippen molar-refractivity contribution in [2.24, 2.45) is 10.7 Å². The molecule has 0 radical (unpaired) electrons. The number of carbonyl (C=O) groups excluding carboxylic acids is 1. The van der Waals surface area contributed by atoms with Crippen molar-refractivity contribution in [3.8, 4) is 0 Å². The van der Waals surface area contributed by atoms with E-state index in [-0.39, 0.29) is 0 Å². The fraction of sp³-hybridized carbons (Fsp3) is 0.600. The van der Waals surface area contributed by atoms with E-state index >= 15 is 0 Å². The topological polar surface area (TPSA) is 58.7 Å². The summed E-state index contributed by atoms with van der Waals surface area (Å²) < 4.78 is 0. The van der Waals surface area contributed by atoms with E-state index in [1.165, 1.54) is 4.90 Å². The Bertz CT molecular complexity index is 180. The van der Waals surface area contributed by atoms with Crippen LogP contribution in [-0.2, 0) is 0 Å². The predicted molar refractivity (Wildman–Crippen MR) is 42.1 cm³/mol. The van der Waals surface area contributed by atoms with Gasteiger partial charge in [0.2, 0.25) is 0 Å². The van der Waals surface area contributed by atoms with Gasteiger partial charge in [-0.1, -0.05) is 11.8 Å². The molecule has 0 saturated carbocycles. The number of amidine groups is 1. The molecule has 0 aromatic heterocycles. The van der Waals surface area contributed by atoms with Crippen LogP contribution in [0.25, 0.3) is 0 Å². The number of primary amides is 1. The minimum Gasteiger partial charge on any atom is -0.351 e. The zero-order valence-corrected chi connectivity index (χ0v) is 6.52. The number of amides is 2. The second kappa shape index (κ2) is 2.92. The third-order valence-corrected chi connectivity index (χ3v) is 2.28. The molecule has 2 N–H and O–H groups in total. The lowest BCUT2D eigenvalue weighted by atomic mass is 10.6. The largest absolute Gasteiger partial charge is 0.351 e. The van der Waals surface area contributed by atoms with Gasteiger partial charge in [0, 0.05) is 19.3 Å². The van der Waals surface area contributed by atoms with Crippen molar-refractivity contribution in [1.82, 2.24) is 4.90 Å². The minimum absolute atomic E-state index is 0.411. The van der Waals surface area contributed by atoms with Crippen LogP contribution in [0, 0.1) is 0 Å². The van der Waals surface area contributed by atoms with E-state index in [2.05, 4.69) is 4.99 Å². The van der Waals surface area contributed by atoms with Gasteiger partial charge in [-0.15, -0.1) is 0 Å². The molecule has 1 aliphatic rings. The first-order valence-corrected chi connectivity index (χ1v) is 3.91. The molecule has 2 amide bonds. The van der Waals surface area contributed by atoms with Gasteiger partial charge in [-0.25, -0.2) is 4.79 Å². The average molecular weight is 159 g/mol. The summed E-state index contributed by atoms with van der Waals surface area (Å²) in [5.41, 5.74) is 5.06. The summed E-state index contributed by atoms with van der Waals surface area (Å²) in [6, 6.07) is -0.411. The van der Waals surface area contributed by atoms with Crippen LogP contribution in [-0.4, -0.2) is 35.4 Å². The van der Waals surface area contributed by atoms with Crippen LogP contribution < -0.4 is 5.73 Å². The molecule has 1 rings (SSSR count). The normalized spacial score (nSPS) is 22.1. The van der Waals surface area contributed by atoms with Gasteiger partial charge < -0.3 is 5.73 Å². The molecule has 1 heterocycles. The fourth-order valence-corrected chi connectivity index (χ4v) is 1.71. The van der Waals surface area contributed by atoms with Gasteiger partial charge >= 0.3 is 6.03 Å². The SMILES string of the molecule is CN=C1SCCN1C(N)=O. The maximum atomic E-state index is 10.6. The smallest absolute Gasteiger partial charge is 0.320 e. The molecule has 4 nitrogen and oxygen atoms in total. The minimum atomic E-state index is -0.411. The van der Waals surface area contributed by atoms with E-state index in [1.54, 1.807) is 18.8 Å². The van der Waals surface area contributed by atoms with E-state index in [4.69, 9.17) is 5.73 Å². The van der Waals surface area contributed by atoms with Gasteiger partial charge in [0.15, 0.2) is 5.17 Å². The van der Waals surface area contributed by atoms with Crippen molar-refractivity contribution >= 4 is 23.0 Å². The van der Waals surface area contributed by atoms with Crippen LogP contribution in [0.4, 0.5) is 4.79 Å².